The summed E-state index contributed by atoms with van der Waals surface area (Å²) in [6.07, 6.45) is -8.36. The fourth-order valence-electron chi connectivity index (χ4n) is 2.29. The standard InChI is InChI=1S/C12H17NO8/c13-4-12(2-1-5(15)10(12)19)21-11-9(18)8(17)7(16)6(3-14)20-11/h1-2,5-11,14-19H,3H2/t5-,6+,7+,8-,9+,10+,11-,12+/m0/s1. The molecule has 0 aromatic rings. The number of nitrogens with zero attached hydrogens (tertiary/aromatic N) is 1. The summed E-state index contributed by atoms with van der Waals surface area (Å²) in [7, 11) is 0. The first kappa shape index (κ1) is 16.3. The summed E-state index contributed by atoms with van der Waals surface area (Å²) in [6, 6.07) is 1.67. The van der Waals surface area contributed by atoms with Crippen LogP contribution < -0.4 is 0 Å². The van der Waals surface area contributed by atoms with E-state index in [2.05, 4.69) is 0 Å². The second-order valence-corrected chi connectivity index (χ2v) is 5.01. The minimum absolute atomic E-state index is 0.647. The molecule has 8 atom stereocenters. The maximum atomic E-state index is 9.82. The molecule has 1 aliphatic carbocycles. The summed E-state index contributed by atoms with van der Waals surface area (Å²) in [4.78, 5) is 0. The zero-order valence-electron chi connectivity index (χ0n) is 10.9. The average molecular weight is 303 g/mol. The van der Waals surface area contributed by atoms with Crippen molar-refractivity contribution in [2.75, 3.05) is 6.61 Å². The molecular weight excluding hydrogens is 286 g/mol. The molecule has 21 heavy (non-hydrogen) atoms. The van der Waals surface area contributed by atoms with Gasteiger partial charge in [-0.2, -0.15) is 5.26 Å². The van der Waals surface area contributed by atoms with Crippen LogP contribution in [0.3, 0.4) is 0 Å². The minimum Gasteiger partial charge on any atom is -0.394 e. The van der Waals surface area contributed by atoms with Gasteiger partial charge in [0.1, 0.15) is 42.7 Å². The van der Waals surface area contributed by atoms with E-state index in [4.69, 9.17) is 19.8 Å². The number of ether oxygens (including phenoxy) is 2. The lowest BCUT2D eigenvalue weighted by molar-refractivity contribution is -0.322. The summed E-state index contributed by atoms with van der Waals surface area (Å²) in [6.45, 7) is -0.647. The Hall–Kier alpha value is -1.09. The van der Waals surface area contributed by atoms with Crippen LogP contribution in [0.25, 0.3) is 0 Å². The Labute approximate surface area is 119 Å². The van der Waals surface area contributed by atoms with E-state index in [1.54, 1.807) is 6.07 Å². The molecule has 2 rings (SSSR count). The SMILES string of the molecule is N#C[C@]1(O[C@@H]2O[C@H](CO)[C@@H](O)[C@H](O)[C@H]2O)C=C[C@H](O)[C@H]1O. The van der Waals surface area contributed by atoms with E-state index < -0.39 is 55.1 Å². The van der Waals surface area contributed by atoms with Gasteiger partial charge in [0, 0.05) is 0 Å². The van der Waals surface area contributed by atoms with Crippen LogP contribution in [0.1, 0.15) is 0 Å². The Morgan fingerprint density at radius 3 is 2.29 bits per heavy atom. The first-order valence-electron chi connectivity index (χ1n) is 6.31. The lowest BCUT2D eigenvalue weighted by atomic mass is 9.97. The van der Waals surface area contributed by atoms with Gasteiger partial charge in [-0.25, -0.2) is 0 Å². The van der Waals surface area contributed by atoms with E-state index >= 15 is 0 Å². The van der Waals surface area contributed by atoms with Gasteiger partial charge < -0.3 is 40.1 Å². The van der Waals surface area contributed by atoms with Gasteiger partial charge >= 0.3 is 0 Å². The van der Waals surface area contributed by atoms with Crippen molar-refractivity contribution in [3.8, 4) is 6.07 Å². The number of aliphatic hydroxyl groups excluding tert-OH is 6. The molecule has 2 aliphatic rings. The maximum absolute atomic E-state index is 9.82. The van der Waals surface area contributed by atoms with Crippen molar-refractivity contribution in [3.63, 3.8) is 0 Å². The smallest absolute Gasteiger partial charge is 0.204 e. The lowest BCUT2D eigenvalue weighted by Gasteiger charge is -2.42. The first-order valence-corrected chi connectivity index (χ1v) is 6.31. The number of nitriles is 1. The van der Waals surface area contributed by atoms with Crippen molar-refractivity contribution >= 4 is 0 Å². The molecule has 118 valence electrons. The fourth-order valence-corrected chi connectivity index (χ4v) is 2.29. The van der Waals surface area contributed by atoms with Gasteiger partial charge in [-0.15, -0.1) is 0 Å². The van der Waals surface area contributed by atoms with Crippen LogP contribution in [-0.4, -0.2) is 85.8 Å². The zero-order chi connectivity index (χ0) is 15.8. The van der Waals surface area contributed by atoms with Crippen molar-refractivity contribution in [2.45, 2.75) is 48.5 Å². The van der Waals surface area contributed by atoms with Crippen LogP contribution in [0.2, 0.25) is 0 Å². The summed E-state index contributed by atoms with van der Waals surface area (Å²) >= 11 is 0. The minimum atomic E-state index is -1.97. The molecule has 0 radical (unpaired) electrons. The van der Waals surface area contributed by atoms with Gasteiger partial charge in [-0.1, -0.05) is 6.08 Å². The second kappa shape index (κ2) is 5.96. The predicted octanol–water partition coefficient (Wildman–Crippen LogP) is -3.64. The zero-order valence-corrected chi connectivity index (χ0v) is 10.9. The molecular formula is C12H17NO8. The van der Waals surface area contributed by atoms with Gasteiger partial charge in [0.15, 0.2) is 6.29 Å². The molecule has 0 spiro atoms. The normalized spacial score (nSPS) is 50.0. The van der Waals surface area contributed by atoms with Gasteiger partial charge in [0.25, 0.3) is 0 Å². The molecule has 0 amide bonds. The molecule has 6 N–H and O–H groups in total. The quantitative estimate of drug-likeness (QED) is 0.288. The van der Waals surface area contributed by atoms with E-state index in [1.807, 2.05) is 0 Å². The van der Waals surface area contributed by atoms with Crippen LogP contribution in [0.15, 0.2) is 12.2 Å². The van der Waals surface area contributed by atoms with E-state index in [9.17, 15) is 25.5 Å². The Morgan fingerprint density at radius 2 is 1.81 bits per heavy atom. The number of aliphatic hydroxyl groups is 6. The molecule has 0 unspecified atom stereocenters. The van der Waals surface area contributed by atoms with E-state index in [1.165, 1.54) is 0 Å². The molecule has 0 bridgehead atoms. The Balaban J connectivity index is 2.18. The molecule has 0 aromatic heterocycles. The van der Waals surface area contributed by atoms with Crippen LogP contribution in [0.4, 0.5) is 0 Å². The monoisotopic (exact) mass is 303 g/mol. The fraction of sp³-hybridized carbons (Fsp3) is 0.750. The van der Waals surface area contributed by atoms with Crippen LogP contribution in [-0.2, 0) is 9.47 Å². The van der Waals surface area contributed by atoms with E-state index in [0.717, 1.165) is 12.2 Å². The molecule has 1 heterocycles. The van der Waals surface area contributed by atoms with Gasteiger partial charge in [0.05, 0.1) is 6.61 Å². The van der Waals surface area contributed by atoms with Crippen LogP contribution >= 0.6 is 0 Å². The van der Waals surface area contributed by atoms with Crippen LogP contribution in [0, 0.1) is 11.3 Å². The van der Waals surface area contributed by atoms with Crippen LogP contribution in [0.5, 0.6) is 0 Å². The summed E-state index contributed by atoms with van der Waals surface area (Å²) in [5, 5.41) is 66.6. The third-order valence-corrected chi connectivity index (χ3v) is 3.64. The Morgan fingerprint density at radius 1 is 1.14 bits per heavy atom. The van der Waals surface area contributed by atoms with Crippen molar-refractivity contribution in [1.82, 2.24) is 0 Å². The van der Waals surface area contributed by atoms with Gasteiger partial charge in [0.2, 0.25) is 5.60 Å². The number of rotatable bonds is 3. The lowest BCUT2D eigenvalue weighted by Crippen LogP contribution is -2.61. The highest BCUT2D eigenvalue weighted by atomic mass is 16.7. The van der Waals surface area contributed by atoms with Gasteiger partial charge in [-0.05, 0) is 6.08 Å². The van der Waals surface area contributed by atoms with Crippen molar-refractivity contribution in [1.29, 1.82) is 5.26 Å². The maximum Gasteiger partial charge on any atom is 0.204 e. The number of hydrogen-bond donors (Lipinski definition) is 6. The molecule has 9 heteroatoms. The Bertz CT molecular complexity index is 449. The third kappa shape index (κ3) is 2.68. The number of hydrogen-bond acceptors (Lipinski definition) is 9. The first-order chi connectivity index (χ1) is 9.86. The Kier molecular flexibility index (Phi) is 4.62. The molecule has 1 saturated heterocycles. The van der Waals surface area contributed by atoms with Crippen molar-refractivity contribution < 1.29 is 40.1 Å². The average Bonchev–Trinajstić information content (AvgIpc) is 2.77. The van der Waals surface area contributed by atoms with E-state index in [-0.39, 0.29) is 0 Å². The molecule has 1 fully saturated rings. The van der Waals surface area contributed by atoms with Crippen molar-refractivity contribution in [3.05, 3.63) is 12.2 Å². The highest BCUT2D eigenvalue weighted by Crippen LogP contribution is 2.32. The molecule has 0 aromatic carbocycles. The largest absolute Gasteiger partial charge is 0.394 e. The second-order valence-electron chi connectivity index (χ2n) is 5.01. The predicted molar refractivity (Wildman–Crippen MR) is 64.3 cm³/mol. The summed E-state index contributed by atoms with van der Waals surface area (Å²) in [5.41, 5.74) is -1.97. The van der Waals surface area contributed by atoms with Crippen molar-refractivity contribution in [2.24, 2.45) is 0 Å². The topological polar surface area (TPSA) is 164 Å². The summed E-state index contributed by atoms with van der Waals surface area (Å²) in [5.74, 6) is 0. The molecule has 9 nitrogen and oxygen atoms in total. The van der Waals surface area contributed by atoms with E-state index in [0.29, 0.717) is 0 Å². The van der Waals surface area contributed by atoms with Gasteiger partial charge in [-0.3, -0.25) is 0 Å². The summed E-state index contributed by atoms with van der Waals surface area (Å²) < 4.78 is 10.3. The molecule has 0 saturated carbocycles. The third-order valence-electron chi connectivity index (χ3n) is 3.64. The highest BCUT2D eigenvalue weighted by Gasteiger charge is 2.52. The highest BCUT2D eigenvalue weighted by molar-refractivity contribution is 5.29. The molecule has 1 aliphatic heterocycles.